The molecule has 0 aliphatic heterocycles. The van der Waals surface area contributed by atoms with Gasteiger partial charge in [-0.3, -0.25) is 4.98 Å². The van der Waals surface area contributed by atoms with Gasteiger partial charge in [0.1, 0.15) is 5.75 Å². The summed E-state index contributed by atoms with van der Waals surface area (Å²) in [6.45, 7) is 0. The van der Waals surface area contributed by atoms with Crippen LogP contribution in [0.5, 0.6) is 5.75 Å². The van der Waals surface area contributed by atoms with Crippen LogP contribution in [0.25, 0.3) is 11.1 Å². The maximum Gasteiger partial charge on any atom is 0.128 e. The van der Waals surface area contributed by atoms with Gasteiger partial charge in [-0.2, -0.15) is 5.26 Å². The SMILES string of the molecule is COc1cccc(C#N)c1-c1cccnc1. The summed E-state index contributed by atoms with van der Waals surface area (Å²) in [6, 6.07) is 11.3. The van der Waals surface area contributed by atoms with Crippen LogP contribution in [0.3, 0.4) is 0 Å². The minimum Gasteiger partial charge on any atom is -0.496 e. The number of aromatic nitrogens is 1. The van der Waals surface area contributed by atoms with Crippen LogP contribution in [0.2, 0.25) is 0 Å². The highest BCUT2D eigenvalue weighted by Crippen LogP contribution is 2.32. The molecule has 2 rings (SSSR count). The van der Waals surface area contributed by atoms with Crippen molar-refractivity contribution in [3.63, 3.8) is 0 Å². The molecule has 1 aromatic carbocycles. The number of benzene rings is 1. The Morgan fingerprint density at radius 1 is 1.25 bits per heavy atom. The first-order chi connectivity index (χ1) is 7.86. The van der Waals surface area contributed by atoms with Gasteiger partial charge < -0.3 is 4.74 Å². The fraction of sp³-hybridized carbons (Fsp3) is 0.0769. The molecule has 0 spiro atoms. The van der Waals surface area contributed by atoms with Gasteiger partial charge in [-0.25, -0.2) is 0 Å². The lowest BCUT2D eigenvalue weighted by atomic mass is 10.0. The zero-order valence-electron chi connectivity index (χ0n) is 8.84. The highest BCUT2D eigenvalue weighted by Gasteiger charge is 2.10. The molecule has 0 unspecified atom stereocenters. The molecule has 3 nitrogen and oxygen atoms in total. The highest BCUT2D eigenvalue weighted by molar-refractivity contribution is 5.76. The van der Waals surface area contributed by atoms with Crippen LogP contribution in [-0.4, -0.2) is 12.1 Å². The zero-order valence-corrected chi connectivity index (χ0v) is 8.84. The first-order valence-corrected chi connectivity index (χ1v) is 4.84. The van der Waals surface area contributed by atoms with Gasteiger partial charge in [-0.1, -0.05) is 12.1 Å². The Labute approximate surface area is 93.9 Å². The molecule has 0 radical (unpaired) electrons. The molecule has 2 aromatic rings. The third-order valence-corrected chi connectivity index (χ3v) is 2.32. The summed E-state index contributed by atoms with van der Waals surface area (Å²) >= 11 is 0. The standard InChI is InChI=1S/C13H10N2O/c1-16-12-6-2-4-10(8-14)13(12)11-5-3-7-15-9-11/h2-7,9H,1H3. The van der Waals surface area contributed by atoms with Crippen molar-refractivity contribution in [3.05, 3.63) is 48.3 Å². The van der Waals surface area contributed by atoms with E-state index in [1.165, 1.54) is 0 Å². The van der Waals surface area contributed by atoms with E-state index in [2.05, 4.69) is 11.1 Å². The molecule has 0 bridgehead atoms. The minimum absolute atomic E-state index is 0.590. The molecule has 0 fully saturated rings. The Morgan fingerprint density at radius 2 is 2.12 bits per heavy atom. The summed E-state index contributed by atoms with van der Waals surface area (Å²) in [5.74, 6) is 0.687. The first-order valence-electron chi connectivity index (χ1n) is 4.84. The van der Waals surface area contributed by atoms with Crippen molar-refractivity contribution in [3.8, 4) is 22.9 Å². The van der Waals surface area contributed by atoms with Crippen molar-refractivity contribution in [2.24, 2.45) is 0 Å². The Hall–Kier alpha value is -2.34. The van der Waals surface area contributed by atoms with Gasteiger partial charge >= 0.3 is 0 Å². The third kappa shape index (κ3) is 1.73. The van der Waals surface area contributed by atoms with Gasteiger partial charge in [0.05, 0.1) is 18.7 Å². The quantitative estimate of drug-likeness (QED) is 0.765. The van der Waals surface area contributed by atoms with E-state index in [0.29, 0.717) is 11.3 Å². The average molecular weight is 210 g/mol. The van der Waals surface area contributed by atoms with Gasteiger partial charge in [0.2, 0.25) is 0 Å². The summed E-state index contributed by atoms with van der Waals surface area (Å²) in [7, 11) is 1.59. The van der Waals surface area contributed by atoms with Crippen LogP contribution < -0.4 is 4.74 Å². The number of methoxy groups -OCH3 is 1. The van der Waals surface area contributed by atoms with E-state index in [4.69, 9.17) is 10.00 Å². The molecule has 0 saturated heterocycles. The van der Waals surface area contributed by atoms with E-state index in [1.54, 1.807) is 31.6 Å². The number of nitrogens with zero attached hydrogens (tertiary/aromatic N) is 2. The third-order valence-electron chi connectivity index (χ3n) is 2.32. The second-order valence-corrected chi connectivity index (χ2v) is 3.24. The number of rotatable bonds is 2. The van der Waals surface area contributed by atoms with E-state index >= 15 is 0 Å². The van der Waals surface area contributed by atoms with Crippen molar-refractivity contribution < 1.29 is 4.74 Å². The van der Waals surface area contributed by atoms with Crippen LogP contribution in [-0.2, 0) is 0 Å². The van der Waals surface area contributed by atoms with Gasteiger partial charge in [0.25, 0.3) is 0 Å². The van der Waals surface area contributed by atoms with E-state index in [0.717, 1.165) is 11.1 Å². The summed E-state index contributed by atoms with van der Waals surface area (Å²) in [4.78, 5) is 4.05. The Bertz CT molecular complexity index is 529. The van der Waals surface area contributed by atoms with E-state index in [9.17, 15) is 0 Å². The summed E-state index contributed by atoms with van der Waals surface area (Å²) in [5.41, 5.74) is 2.27. The van der Waals surface area contributed by atoms with Gasteiger partial charge in [-0.05, 0) is 18.2 Å². The summed E-state index contributed by atoms with van der Waals surface area (Å²) in [5, 5.41) is 9.07. The monoisotopic (exact) mass is 210 g/mol. The molecule has 0 atom stereocenters. The molecule has 0 saturated carbocycles. The predicted octanol–water partition coefficient (Wildman–Crippen LogP) is 2.63. The molecular weight excluding hydrogens is 200 g/mol. The van der Waals surface area contributed by atoms with E-state index in [1.807, 2.05) is 18.2 Å². The van der Waals surface area contributed by atoms with Gasteiger partial charge in [-0.15, -0.1) is 0 Å². The molecule has 0 N–H and O–H groups in total. The van der Waals surface area contributed by atoms with Crippen LogP contribution in [0.15, 0.2) is 42.7 Å². The van der Waals surface area contributed by atoms with E-state index in [-0.39, 0.29) is 0 Å². The number of ether oxygens (including phenoxy) is 1. The molecule has 0 amide bonds. The molecule has 1 heterocycles. The summed E-state index contributed by atoms with van der Waals surface area (Å²) in [6.07, 6.45) is 3.42. The lowest BCUT2D eigenvalue weighted by Gasteiger charge is -2.09. The Morgan fingerprint density at radius 3 is 2.75 bits per heavy atom. The number of nitriles is 1. The molecule has 78 valence electrons. The zero-order chi connectivity index (χ0) is 11.4. The smallest absolute Gasteiger partial charge is 0.128 e. The Balaban J connectivity index is 2.68. The average Bonchev–Trinajstić information content (AvgIpc) is 2.38. The highest BCUT2D eigenvalue weighted by atomic mass is 16.5. The summed E-state index contributed by atoms with van der Waals surface area (Å²) < 4.78 is 5.26. The first kappa shape index (κ1) is 10.2. The molecule has 16 heavy (non-hydrogen) atoms. The van der Waals surface area contributed by atoms with Crippen LogP contribution in [0.1, 0.15) is 5.56 Å². The second-order valence-electron chi connectivity index (χ2n) is 3.24. The van der Waals surface area contributed by atoms with Crippen molar-refractivity contribution in [1.29, 1.82) is 5.26 Å². The second kappa shape index (κ2) is 4.45. The lowest BCUT2D eigenvalue weighted by Crippen LogP contribution is -1.91. The van der Waals surface area contributed by atoms with Crippen LogP contribution in [0.4, 0.5) is 0 Å². The fourth-order valence-corrected chi connectivity index (χ4v) is 1.60. The maximum absolute atomic E-state index is 9.07. The number of hydrogen-bond donors (Lipinski definition) is 0. The van der Waals surface area contributed by atoms with E-state index < -0.39 is 0 Å². The predicted molar refractivity (Wildman–Crippen MR) is 60.9 cm³/mol. The number of pyridine rings is 1. The fourth-order valence-electron chi connectivity index (χ4n) is 1.60. The van der Waals surface area contributed by atoms with Crippen molar-refractivity contribution in [2.45, 2.75) is 0 Å². The van der Waals surface area contributed by atoms with Gasteiger partial charge in [0, 0.05) is 23.5 Å². The molecule has 3 heteroatoms. The molecule has 0 aliphatic rings. The number of hydrogen-bond acceptors (Lipinski definition) is 3. The minimum atomic E-state index is 0.590. The van der Waals surface area contributed by atoms with Crippen LogP contribution in [0, 0.1) is 11.3 Å². The molecule has 1 aromatic heterocycles. The van der Waals surface area contributed by atoms with Crippen molar-refractivity contribution in [1.82, 2.24) is 4.98 Å². The van der Waals surface area contributed by atoms with Gasteiger partial charge in [0.15, 0.2) is 0 Å². The topological polar surface area (TPSA) is 45.9 Å². The maximum atomic E-state index is 9.07. The van der Waals surface area contributed by atoms with Crippen molar-refractivity contribution >= 4 is 0 Å². The largest absolute Gasteiger partial charge is 0.496 e. The molecule has 0 aliphatic carbocycles. The normalized spacial score (nSPS) is 9.50. The molecular formula is C13H10N2O. The lowest BCUT2D eigenvalue weighted by molar-refractivity contribution is 0.416. The van der Waals surface area contributed by atoms with Crippen molar-refractivity contribution in [2.75, 3.05) is 7.11 Å². The Kier molecular flexibility index (Phi) is 2.84. The van der Waals surface area contributed by atoms with Crippen LogP contribution >= 0.6 is 0 Å².